The van der Waals surface area contributed by atoms with E-state index in [1.807, 2.05) is 0 Å². The molecule has 0 aliphatic carbocycles. The molecule has 0 aromatic rings. The molecular weight excluding hydrogens is 92.1 g/mol. The van der Waals surface area contributed by atoms with Crippen LogP contribution in [0.1, 0.15) is 0 Å². The lowest BCUT2D eigenvalue weighted by atomic mass is 10.5. The second-order valence-corrected chi connectivity index (χ2v) is 0.806. The van der Waals surface area contributed by atoms with Gasteiger partial charge in [0, 0.05) is 6.08 Å². The zero-order valence-electron chi connectivity index (χ0n) is 3.63. The normalized spacial score (nSPS) is 8.00. The SMILES string of the molecule is O=C=C/C=C/C=O. The summed E-state index contributed by atoms with van der Waals surface area (Å²) in [5.41, 5.74) is 0. The zero-order valence-corrected chi connectivity index (χ0v) is 3.63. The van der Waals surface area contributed by atoms with E-state index in [0.717, 1.165) is 6.08 Å². The number of rotatable bonds is 2. The summed E-state index contributed by atoms with van der Waals surface area (Å²) in [7, 11) is 0. The van der Waals surface area contributed by atoms with Crippen LogP contribution in [-0.2, 0) is 9.59 Å². The molecule has 0 aliphatic rings. The first-order valence-electron chi connectivity index (χ1n) is 1.73. The van der Waals surface area contributed by atoms with Crippen LogP contribution in [0.5, 0.6) is 0 Å². The topological polar surface area (TPSA) is 34.1 Å². The zero-order chi connectivity index (χ0) is 5.54. The molecule has 2 heteroatoms. The number of carbonyl (C=O) groups is 1. The molecule has 0 aromatic carbocycles. The van der Waals surface area contributed by atoms with Gasteiger partial charge >= 0.3 is 0 Å². The Bertz CT molecular complexity index is 118. The molecule has 0 N–H and O–H groups in total. The maximum atomic E-state index is 9.44. The number of allylic oxidation sites excluding steroid dienone is 3. The standard InChI is InChI=1S/C5H4O2/c6-4-2-1-3-5-7/h1-4H/b2-1+. The van der Waals surface area contributed by atoms with Gasteiger partial charge < -0.3 is 0 Å². The third-order valence-electron chi connectivity index (χ3n) is 0.354. The highest BCUT2D eigenvalue weighted by Crippen LogP contribution is 1.62. The fourth-order valence-electron chi connectivity index (χ4n) is 0.140. The fraction of sp³-hybridized carbons (Fsp3) is 0. The van der Waals surface area contributed by atoms with E-state index in [2.05, 4.69) is 0 Å². The molecule has 0 fully saturated rings. The predicted octanol–water partition coefficient (Wildman–Crippen LogP) is 0.129. The van der Waals surface area contributed by atoms with Gasteiger partial charge in [-0.1, -0.05) is 0 Å². The van der Waals surface area contributed by atoms with Crippen LogP contribution in [-0.4, -0.2) is 12.2 Å². The summed E-state index contributed by atoms with van der Waals surface area (Å²) in [6.45, 7) is 0. The Labute approximate surface area is 41.1 Å². The monoisotopic (exact) mass is 96.0 g/mol. The Morgan fingerprint density at radius 2 is 2.00 bits per heavy atom. The second-order valence-electron chi connectivity index (χ2n) is 0.806. The van der Waals surface area contributed by atoms with Crippen molar-refractivity contribution >= 4 is 12.2 Å². The summed E-state index contributed by atoms with van der Waals surface area (Å²) in [6, 6.07) is 0. The maximum Gasteiger partial charge on any atom is 0.142 e. The predicted molar refractivity (Wildman–Crippen MR) is 25.5 cm³/mol. The summed E-state index contributed by atoms with van der Waals surface area (Å²) in [4.78, 5) is 18.8. The lowest BCUT2D eigenvalue weighted by Gasteiger charge is -1.55. The van der Waals surface area contributed by atoms with Crippen molar-refractivity contribution in [3.05, 3.63) is 18.2 Å². The highest BCUT2D eigenvalue weighted by atomic mass is 16.1. The average Bonchev–Trinajstić information content (AvgIpc) is 1.69. The molecule has 2 nitrogen and oxygen atoms in total. The van der Waals surface area contributed by atoms with E-state index in [4.69, 9.17) is 0 Å². The molecule has 0 aromatic heterocycles. The molecule has 0 saturated heterocycles. The van der Waals surface area contributed by atoms with Gasteiger partial charge in [0.15, 0.2) is 0 Å². The van der Waals surface area contributed by atoms with Gasteiger partial charge in [-0.15, -0.1) is 0 Å². The molecule has 0 amide bonds. The van der Waals surface area contributed by atoms with Crippen molar-refractivity contribution in [3.8, 4) is 0 Å². The van der Waals surface area contributed by atoms with Crippen LogP contribution in [0.15, 0.2) is 18.2 Å². The molecule has 0 bridgehead atoms. The van der Waals surface area contributed by atoms with Gasteiger partial charge in [-0.2, -0.15) is 0 Å². The highest BCUT2D eigenvalue weighted by molar-refractivity contribution is 5.66. The first-order valence-corrected chi connectivity index (χ1v) is 1.73. The lowest BCUT2D eigenvalue weighted by molar-refractivity contribution is -0.104. The minimum absolute atomic E-state index is 0.591. The third kappa shape index (κ3) is 4.86. The molecule has 0 aliphatic heterocycles. The Balaban J connectivity index is 3.47. The van der Waals surface area contributed by atoms with Crippen LogP contribution in [0.4, 0.5) is 0 Å². The summed E-state index contributed by atoms with van der Waals surface area (Å²) in [5.74, 6) is 1.48. The molecular formula is C5H4O2. The van der Waals surface area contributed by atoms with E-state index in [1.54, 1.807) is 0 Å². The van der Waals surface area contributed by atoms with Gasteiger partial charge in [0.1, 0.15) is 12.2 Å². The maximum absolute atomic E-state index is 9.44. The van der Waals surface area contributed by atoms with Crippen LogP contribution in [0.3, 0.4) is 0 Å². The molecule has 0 atom stereocenters. The van der Waals surface area contributed by atoms with Crippen molar-refractivity contribution in [2.75, 3.05) is 0 Å². The molecule has 0 unspecified atom stereocenters. The summed E-state index contributed by atoms with van der Waals surface area (Å²) in [5, 5.41) is 0. The van der Waals surface area contributed by atoms with E-state index in [1.165, 1.54) is 18.1 Å². The molecule has 0 spiro atoms. The smallest absolute Gasteiger partial charge is 0.142 e. The van der Waals surface area contributed by atoms with Crippen LogP contribution in [0.2, 0.25) is 0 Å². The van der Waals surface area contributed by atoms with Gasteiger partial charge in [-0.3, -0.25) is 4.79 Å². The van der Waals surface area contributed by atoms with Crippen molar-refractivity contribution in [1.29, 1.82) is 0 Å². The van der Waals surface area contributed by atoms with Gasteiger partial charge in [-0.05, 0) is 12.2 Å². The Morgan fingerprint density at radius 1 is 1.29 bits per heavy atom. The van der Waals surface area contributed by atoms with Gasteiger partial charge in [0.25, 0.3) is 0 Å². The second kappa shape index (κ2) is 4.86. The molecule has 0 rings (SSSR count). The van der Waals surface area contributed by atoms with Crippen molar-refractivity contribution in [2.24, 2.45) is 0 Å². The van der Waals surface area contributed by atoms with Crippen molar-refractivity contribution in [2.45, 2.75) is 0 Å². The van der Waals surface area contributed by atoms with E-state index in [0.29, 0.717) is 6.29 Å². The Kier molecular flexibility index (Phi) is 4.07. The fourth-order valence-corrected chi connectivity index (χ4v) is 0.140. The average molecular weight is 96.1 g/mol. The van der Waals surface area contributed by atoms with Gasteiger partial charge in [0.05, 0.1) is 0 Å². The molecule has 36 valence electrons. The first-order chi connectivity index (χ1) is 3.41. The number of aldehydes is 1. The van der Waals surface area contributed by atoms with Crippen LogP contribution in [0.25, 0.3) is 0 Å². The lowest BCUT2D eigenvalue weighted by Crippen LogP contribution is -1.54. The van der Waals surface area contributed by atoms with Gasteiger partial charge in [-0.25, -0.2) is 4.79 Å². The highest BCUT2D eigenvalue weighted by Gasteiger charge is 1.56. The summed E-state index contributed by atoms with van der Waals surface area (Å²) in [6.07, 6.45) is 4.24. The van der Waals surface area contributed by atoms with Crippen LogP contribution >= 0.6 is 0 Å². The molecule has 0 heterocycles. The van der Waals surface area contributed by atoms with E-state index in [9.17, 15) is 9.59 Å². The largest absolute Gasteiger partial charge is 0.299 e. The summed E-state index contributed by atoms with van der Waals surface area (Å²) >= 11 is 0. The Morgan fingerprint density at radius 3 is 2.43 bits per heavy atom. The Hall–Kier alpha value is -1.14. The third-order valence-corrected chi connectivity index (χ3v) is 0.354. The van der Waals surface area contributed by atoms with Crippen LogP contribution in [0, 0.1) is 0 Å². The minimum Gasteiger partial charge on any atom is -0.299 e. The summed E-state index contributed by atoms with van der Waals surface area (Å²) < 4.78 is 0. The number of hydrogen-bond donors (Lipinski definition) is 0. The van der Waals surface area contributed by atoms with E-state index >= 15 is 0 Å². The van der Waals surface area contributed by atoms with E-state index in [-0.39, 0.29) is 0 Å². The van der Waals surface area contributed by atoms with E-state index < -0.39 is 0 Å². The van der Waals surface area contributed by atoms with Crippen molar-refractivity contribution in [1.82, 2.24) is 0 Å². The van der Waals surface area contributed by atoms with Crippen molar-refractivity contribution < 1.29 is 9.59 Å². The minimum atomic E-state index is 0.591. The number of hydrogen-bond acceptors (Lipinski definition) is 2. The molecule has 0 radical (unpaired) electrons. The molecule has 7 heavy (non-hydrogen) atoms. The van der Waals surface area contributed by atoms with Gasteiger partial charge in [0.2, 0.25) is 0 Å². The first kappa shape index (κ1) is 5.86. The number of carbonyl (C=O) groups excluding carboxylic acids is 2. The quantitative estimate of drug-likeness (QED) is 0.212. The van der Waals surface area contributed by atoms with Crippen LogP contribution < -0.4 is 0 Å². The van der Waals surface area contributed by atoms with Crippen molar-refractivity contribution in [3.63, 3.8) is 0 Å². The molecule has 0 saturated carbocycles.